The molecule has 2 rings (SSSR count). The topological polar surface area (TPSA) is 59.6 Å². The van der Waals surface area contributed by atoms with Gasteiger partial charge in [0.1, 0.15) is 5.72 Å². The van der Waals surface area contributed by atoms with Crippen LogP contribution in [-0.2, 0) is 4.74 Å². The zero-order valence-electron chi connectivity index (χ0n) is 11.6. The Kier molecular flexibility index (Phi) is 4.87. The molecular formula is C14H27N3O. The van der Waals surface area contributed by atoms with E-state index < -0.39 is 0 Å². The predicted octanol–water partition coefficient (Wildman–Crippen LogP) is 2.53. The lowest BCUT2D eigenvalue weighted by Gasteiger charge is -2.36. The van der Waals surface area contributed by atoms with Gasteiger partial charge in [0.15, 0.2) is 5.96 Å². The fraction of sp³-hybridized carbons (Fsp3) is 0.929. The second-order valence-corrected chi connectivity index (χ2v) is 5.65. The molecule has 2 aliphatic heterocycles. The van der Waals surface area contributed by atoms with Gasteiger partial charge in [-0.05, 0) is 19.3 Å². The van der Waals surface area contributed by atoms with Crippen molar-refractivity contribution in [3.63, 3.8) is 0 Å². The Morgan fingerprint density at radius 2 is 2.22 bits per heavy atom. The van der Waals surface area contributed by atoms with Gasteiger partial charge in [0.05, 0.1) is 6.04 Å². The van der Waals surface area contributed by atoms with Gasteiger partial charge in [-0.1, -0.05) is 39.0 Å². The second-order valence-electron chi connectivity index (χ2n) is 5.65. The highest BCUT2D eigenvalue weighted by Gasteiger charge is 2.40. The van der Waals surface area contributed by atoms with Crippen LogP contribution in [0.2, 0.25) is 0 Å². The van der Waals surface area contributed by atoms with Gasteiger partial charge in [-0.3, -0.25) is 0 Å². The Bertz CT molecular complexity index is 285. The number of nitrogens with zero attached hydrogens (tertiary/aromatic N) is 1. The van der Waals surface area contributed by atoms with E-state index in [0.29, 0.717) is 12.0 Å². The highest BCUT2D eigenvalue weighted by atomic mass is 16.5. The highest BCUT2D eigenvalue weighted by molar-refractivity contribution is 5.79. The van der Waals surface area contributed by atoms with Crippen LogP contribution in [-0.4, -0.2) is 24.3 Å². The molecule has 0 saturated carbocycles. The molecule has 0 bridgehead atoms. The van der Waals surface area contributed by atoms with Crippen LogP contribution >= 0.6 is 0 Å². The quantitative estimate of drug-likeness (QED) is 0.715. The van der Waals surface area contributed by atoms with Crippen LogP contribution in [0, 0.1) is 0 Å². The van der Waals surface area contributed by atoms with Gasteiger partial charge >= 0.3 is 0 Å². The molecule has 0 aromatic heterocycles. The summed E-state index contributed by atoms with van der Waals surface area (Å²) in [5.41, 5.74) is 5.70. The van der Waals surface area contributed by atoms with E-state index in [1.807, 2.05) is 0 Å². The highest BCUT2D eigenvalue weighted by Crippen LogP contribution is 2.32. The van der Waals surface area contributed by atoms with Crippen molar-refractivity contribution in [2.24, 2.45) is 10.7 Å². The molecule has 0 aromatic carbocycles. The molecule has 1 saturated heterocycles. The summed E-state index contributed by atoms with van der Waals surface area (Å²) in [5.74, 6) is 0.571. The van der Waals surface area contributed by atoms with Gasteiger partial charge in [0.25, 0.3) is 0 Å². The van der Waals surface area contributed by atoms with Crippen LogP contribution in [0.5, 0.6) is 0 Å². The molecule has 0 aliphatic carbocycles. The average molecular weight is 253 g/mol. The normalized spacial score (nSPS) is 31.4. The maximum Gasteiger partial charge on any atom is 0.191 e. The van der Waals surface area contributed by atoms with E-state index in [1.165, 1.54) is 32.1 Å². The van der Waals surface area contributed by atoms with Gasteiger partial charge in [0, 0.05) is 13.0 Å². The van der Waals surface area contributed by atoms with E-state index in [4.69, 9.17) is 10.5 Å². The maximum absolute atomic E-state index is 5.89. The van der Waals surface area contributed by atoms with Gasteiger partial charge in [-0.2, -0.15) is 0 Å². The number of unbranched alkanes of at least 4 members (excludes halogenated alkanes) is 4. The summed E-state index contributed by atoms with van der Waals surface area (Å²) < 4.78 is 5.85. The molecule has 1 spiro atoms. The average Bonchev–Trinajstić information content (AvgIpc) is 2.75. The third-order valence-corrected chi connectivity index (χ3v) is 3.99. The number of hydrogen-bond donors (Lipinski definition) is 2. The fourth-order valence-electron chi connectivity index (χ4n) is 3.05. The van der Waals surface area contributed by atoms with Crippen molar-refractivity contribution in [2.45, 2.75) is 76.5 Å². The molecule has 18 heavy (non-hydrogen) atoms. The van der Waals surface area contributed by atoms with E-state index in [2.05, 4.69) is 17.2 Å². The molecule has 0 amide bonds. The number of rotatable bonds is 6. The molecule has 4 nitrogen and oxygen atoms in total. The molecule has 2 heterocycles. The third-order valence-electron chi connectivity index (χ3n) is 3.99. The first kappa shape index (κ1) is 13.7. The first-order valence-electron chi connectivity index (χ1n) is 7.49. The monoisotopic (exact) mass is 253 g/mol. The van der Waals surface area contributed by atoms with E-state index in [-0.39, 0.29) is 5.72 Å². The molecule has 0 unspecified atom stereocenters. The predicted molar refractivity (Wildman–Crippen MR) is 74.5 cm³/mol. The summed E-state index contributed by atoms with van der Waals surface area (Å²) in [6, 6.07) is 0.353. The minimum Gasteiger partial charge on any atom is -0.370 e. The zero-order valence-corrected chi connectivity index (χ0v) is 11.6. The lowest BCUT2D eigenvalue weighted by atomic mass is 9.95. The van der Waals surface area contributed by atoms with E-state index >= 15 is 0 Å². The van der Waals surface area contributed by atoms with Crippen molar-refractivity contribution in [2.75, 3.05) is 6.61 Å². The van der Waals surface area contributed by atoms with Crippen molar-refractivity contribution in [3.05, 3.63) is 0 Å². The smallest absolute Gasteiger partial charge is 0.191 e. The molecule has 104 valence electrons. The molecule has 0 aromatic rings. The summed E-state index contributed by atoms with van der Waals surface area (Å²) in [5, 5.41) is 3.24. The summed E-state index contributed by atoms with van der Waals surface area (Å²) in [6.07, 6.45) is 10.9. The Morgan fingerprint density at radius 1 is 1.39 bits per heavy atom. The number of nitrogens with two attached hydrogens (primary N) is 1. The van der Waals surface area contributed by atoms with Crippen molar-refractivity contribution in [3.8, 4) is 0 Å². The van der Waals surface area contributed by atoms with Gasteiger partial charge in [-0.25, -0.2) is 4.99 Å². The molecule has 0 radical (unpaired) electrons. The Morgan fingerprint density at radius 3 is 2.94 bits per heavy atom. The van der Waals surface area contributed by atoms with Crippen LogP contribution in [0.15, 0.2) is 4.99 Å². The van der Waals surface area contributed by atoms with Crippen LogP contribution in [0.3, 0.4) is 0 Å². The SMILES string of the molecule is CCCCCCC[C@@H]1C[C@]2(CCCO2)NC(N)=N1. The molecule has 2 aliphatic rings. The molecule has 4 heteroatoms. The van der Waals surface area contributed by atoms with Crippen LogP contribution in [0.1, 0.15) is 64.7 Å². The Hall–Kier alpha value is -0.770. The van der Waals surface area contributed by atoms with E-state index in [9.17, 15) is 0 Å². The van der Waals surface area contributed by atoms with Gasteiger partial charge in [0.2, 0.25) is 0 Å². The van der Waals surface area contributed by atoms with E-state index in [1.54, 1.807) is 0 Å². The fourth-order valence-corrected chi connectivity index (χ4v) is 3.05. The van der Waals surface area contributed by atoms with Crippen molar-refractivity contribution in [1.29, 1.82) is 0 Å². The number of hydrogen-bond acceptors (Lipinski definition) is 4. The first-order valence-corrected chi connectivity index (χ1v) is 7.49. The Labute approximate surface area is 110 Å². The van der Waals surface area contributed by atoms with Crippen molar-refractivity contribution >= 4 is 5.96 Å². The second kappa shape index (κ2) is 6.41. The van der Waals surface area contributed by atoms with E-state index in [0.717, 1.165) is 32.3 Å². The maximum atomic E-state index is 5.89. The standard InChI is InChI=1S/C14H27N3O/c1-2-3-4-5-6-8-12-11-14(9-7-10-18-14)17-13(15)16-12/h12H,2-11H2,1H3,(H3,15,16,17)/t12-,14-/m1/s1. The number of nitrogens with one attached hydrogen (secondary N) is 1. The van der Waals surface area contributed by atoms with Crippen LogP contribution in [0.25, 0.3) is 0 Å². The van der Waals surface area contributed by atoms with Gasteiger partial charge in [-0.15, -0.1) is 0 Å². The Balaban J connectivity index is 1.76. The number of ether oxygens (including phenoxy) is 1. The van der Waals surface area contributed by atoms with Crippen molar-refractivity contribution < 1.29 is 4.74 Å². The largest absolute Gasteiger partial charge is 0.370 e. The minimum absolute atomic E-state index is 0.195. The third kappa shape index (κ3) is 3.61. The molecule has 3 N–H and O–H groups in total. The summed E-state index contributed by atoms with van der Waals surface area (Å²) >= 11 is 0. The summed E-state index contributed by atoms with van der Waals surface area (Å²) in [6.45, 7) is 3.10. The minimum atomic E-state index is -0.195. The zero-order chi connectivity index (χ0) is 12.8. The lowest BCUT2D eigenvalue weighted by Crippen LogP contribution is -2.56. The van der Waals surface area contributed by atoms with Crippen molar-refractivity contribution in [1.82, 2.24) is 5.32 Å². The summed E-state index contributed by atoms with van der Waals surface area (Å²) in [7, 11) is 0. The molecular weight excluding hydrogens is 226 g/mol. The number of aliphatic imine (C=N–C) groups is 1. The number of guanidine groups is 1. The first-order chi connectivity index (χ1) is 8.74. The molecule has 2 atom stereocenters. The lowest BCUT2D eigenvalue weighted by molar-refractivity contribution is -0.0258. The van der Waals surface area contributed by atoms with Crippen LogP contribution in [0.4, 0.5) is 0 Å². The van der Waals surface area contributed by atoms with Gasteiger partial charge < -0.3 is 15.8 Å². The van der Waals surface area contributed by atoms with Crippen LogP contribution < -0.4 is 11.1 Å². The molecule has 1 fully saturated rings. The summed E-state index contributed by atoms with van der Waals surface area (Å²) in [4.78, 5) is 4.52.